The van der Waals surface area contributed by atoms with E-state index in [9.17, 15) is 9.90 Å². The zero-order valence-electron chi connectivity index (χ0n) is 13.6. The van der Waals surface area contributed by atoms with Crippen molar-refractivity contribution in [2.75, 3.05) is 7.05 Å². The van der Waals surface area contributed by atoms with Crippen LogP contribution >= 0.6 is 0 Å². The van der Waals surface area contributed by atoms with Gasteiger partial charge < -0.3 is 9.84 Å². The second kappa shape index (κ2) is 5.60. The van der Waals surface area contributed by atoms with E-state index in [2.05, 4.69) is 11.9 Å². The summed E-state index contributed by atoms with van der Waals surface area (Å²) in [7, 11) is 2.13. The number of carbonyl (C=O) groups excluding carboxylic acids is 1. The van der Waals surface area contributed by atoms with E-state index >= 15 is 0 Å². The molecule has 2 heterocycles. The smallest absolute Gasteiger partial charge is 0.343 e. The fourth-order valence-electron chi connectivity index (χ4n) is 4.46. The maximum absolute atomic E-state index is 12.9. The average molecular weight is 315 g/mol. The van der Waals surface area contributed by atoms with Crippen molar-refractivity contribution < 1.29 is 14.6 Å². The summed E-state index contributed by atoms with van der Waals surface area (Å²) in [6, 6.07) is 10.3. The van der Waals surface area contributed by atoms with Crippen LogP contribution in [0.25, 0.3) is 0 Å². The van der Waals surface area contributed by atoms with Gasteiger partial charge in [-0.25, -0.2) is 4.79 Å². The Morgan fingerprint density at radius 1 is 1.13 bits per heavy atom. The lowest BCUT2D eigenvalue weighted by atomic mass is 9.88. The van der Waals surface area contributed by atoms with Crippen molar-refractivity contribution in [3.05, 3.63) is 35.9 Å². The Morgan fingerprint density at radius 2 is 1.83 bits per heavy atom. The molecule has 1 saturated carbocycles. The topological polar surface area (TPSA) is 49.8 Å². The minimum atomic E-state index is -1.48. The zero-order chi connectivity index (χ0) is 16.0. The van der Waals surface area contributed by atoms with Crippen molar-refractivity contribution in [3.8, 4) is 0 Å². The van der Waals surface area contributed by atoms with Crippen molar-refractivity contribution in [1.29, 1.82) is 0 Å². The highest BCUT2D eigenvalue weighted by atomic mass is 16.6. The molecule has 4 rings (SSSR count). The van der Waals surface area contributed by atoms with Gasteiger partial charge in [-0.1, -0.05) is 30.3 Å². The Morgan fingerprint density at radius 3 is 2.52 bits per heavy atom. The van der Waals surface area contributed by atoms with E-state index in [0.29, 0.717) is 17.6 Å². The van der Waals surface area contributed by atoms with Gasteiger partial charge in [0.05, 0.1) is 0 Å². The maximum atomic E-state index is 12.9. The van der Waals surface area contributed by atoms with Crippen LogP contribution < -0.4 is 0 Å². The molecule has 0 aromatic heterocycles. The van der Waals surface area contributed by atoms with Gasteiger partial charge in [0.2, 0.25) is 0 Å². The summed E-state index contributed by atoms with van der Waals surface area (Å²) in [5.41, 5.74) is -0.809. The van der Waals surface area contributed by atoms with Crippen LogP contribution in [-0.2, 0) is 15.1 Å². The molecule has 2 saturated heterocycles. The number of carbonyl (C=O) groups is 1. The van der Waals surface area contributed by atoms with E-state index in [1.807, 2.05) is 30.3 Å². The Hall–Kier alpha value is -1.39. The van der Waals surface area contributed by atoms with Crippen molar-refractivity contribution in [2.45, 2.75) is 62.3 Å². The van der Waals surface area contributed by atoms with Crippen molar-refractivity contribution in [1.82, 2.24) is 4.90 Å². The van der Waals surface area contributed by atoms with E-state index in [1.54, 1.807) is 0 Å². The van der Waals surface area contributed by atoms with Crippen LogP contribution in [0.1, 0.15) is 44.1 Å². The predicted octanol–water partition coefficient (Wildman–Crippen LogP) is 2.45. The van der Waals surface area contributed by atoms with Gasteiger partial charge in [-0.3, -0.25) is 4.90 Å². The molecule has 2 aliphatic heterocycles. The fraction of sp³-hybridized carbons (Fsp3) is 0.632. The summed E-state index contributed by atoms with van der Waals surface area (Å²) in [6.45, 7) is 0. The number of aliphatic hydroxyl groups is 1. The first-order valence-electron chi connectivity index (χ1n) is 8.81. The number of hydrogen-bond donors (Lipinski definition) is 1. The highest BCUT2D eigenvalue weighted by Crippen LogP contribution is 2.47. The van der Waals surface area contributed by atoms with Crippen LogP contribution in [-0.4, -0.2) is 41.2 Å². The number of nitrogens with zero attached hydrogens (tertiary/aromatic N) is 1. The first-order valence-corrected chi connectivity index (χ1v) is 8.81. The van der Waals surface area contributed by atoms with Gasteiger partial charge in [0.25, 0.3) is 0 Å². The van der Waals surface area contributed by atoms with Gasteiger partial charge >= 0.3 is 5.97 Å². The van der Waals surface area contributed by atoms with E-state index in [0.717, 1.165) is 32.1 Å². The Labute approximate surface area is 137 Å². The molecule has 1 unspecified atom stereocenters. The highest BCUT2D eigenvalue weighted by Gasteiger charge is 2.53. The average Bonchev–Trinajstić information content (AvgIpc) is 3.38. The molecule has 3 fully saturated rings. The van der Waals surface area contributed by atoms with E-state index in [1.165, 1.54) is 6.42 Å². The molecule has 1 aromatic carbocycles. The monoisotopic (exact) mass is 315 g/mol. The van der Waals surface area contributed by atoms with Crippen LogP contribution in [0.4, 0.5) is 0 Å². The summed E-state index contributed by atoms with van der Waals surface area (Å²) in [6.07, 6.45) is 5.97. The third-order valence-corrected chi connectivity index (χ3v) is 6.06. The van der Waals surface area contributed by atoms with Crippen LogP contribution in [0.15, 0.2) is 30.3 Å². The predicted molar refractivity (Wildman–Crippen MR) is 86.7 cm³/mol. The first kappa shape index (κ1) is 15.2. The maximum Gasteiger partial charge on any atom is 0.343 e. The number of rotatable bonds is 4. The molecule has 1 aromatic rings. The van der Waals surface area contributed by atoms with E-state index in [4.69, 9.17) is 4.74 Å². The summed E-state index contributed by atoms with van der Waals surface area (Å²) >= 11 is 0. The second-order valence-corrected chi connectivity index (χ2v) is 7.39. The molecule has 2 bridgehead atoms. The molecule has 4 nitrogen and oxygen atoms in total. The molecule has 0 spiro atoms. The van der Waals surface area contributed by atoms with Gasteiger partial charge in [0.15, 0.2) is 5.60 Å². The SMILES string of the molecule is CN1[C@@H]2CC[C@@H]1[C@H](OC(=O)C(O)(c1ccccc1)C1CC1)CC2. The number of fused-ring (bicyclic) bond motifs is 2. The number of benzene rings is 1. The molecule has 23 heavy (non-hydrogen) atoms. The largest absolute Gasteiger partial charge is 0.458 e. The Bertz CT molecular complexity index is 586. The van der Waals surface area contributed by atoms with E-state index < -0.39 is 11.6 Å². The third-order valence-electron chi connectivity index (χ3n) is 6.06. The lowest BCUT2D eigenvalue weighted by molar-refractivity contribution is -0.180. The van der Waals surface area contributed by atoms with Gasteiger partial charge in [-0.15, -0.1) is 0 Å². The fourth-order valence-corrected chi connectivity index (χ4v) is 4.46. The van der Waals surface area contributed by atoms with Crippen LogP contribution in [0.5, 0.6) is 0 Å². The molecule has 4 heteroatoms. The Kier molecular flexibility index (Phi) is 3.69. The molecular formula is C19H25NO3. The molecular weight excluding hydrogens is 290 g/mol. The molecule has 124 valence electrons. The van der Waals surface area contributed by atoms with Gasteiger partial charge in [-0.05, 0) is 51.1 Å². The van der Waals surface area contributed by atoms with Crippen molar-refractivity contribution in [2.24, 2.45) is 5.92 Å². The highest BCUT2D eigenvalue weighted by molar-refractivity contribution is 5.82. The van der Waals surface area contributed by atoms with Crippen molar-refractivity contribution in [3.63, 3.8) is 0 Å². The van der Waals surface area contributed by atoms with Gasteiger partial charge in [-0.2, -0.15) is 0 Å². The normalized spacial score (nSPS) is 33.2. The summed E-state index contributed by atoms with van der Waals surface area (Å²) in [4.78, 5) is 15.3. The minimum absolute atomic E-state index is 0.00459. The van der Waals surface area contributed by atoms with Gasteiger partial charge in [0, 0.05) is 18.0 Å². The van der Waals surface area contributed by atoms with Crippen molar-refractivity contribution >= 4 is 5.97 Å². The standard InChI is InChI=1S/C19H25NO3/c1-20-15-9-11-16(20)17(12-10-15)23-18(21)19(22,14-7-8-14)13-5-3-2-4-6-13/h2-6,14-17,22H,7-12H2,1H3/t15-,16-,17-,19?/m1/s1. The molecule has 0 amide bonds. The molecule has 1 N–H and O–H groups in total. The number of likely N-dealkylation sites (N-methyl/N-ethyl adjacent to an activating group) is 1. The number of hydrogen-bond acceptors (Lipinski definition) is 4. The molecule has 0 radical (unpaired) electrons. The van der Waals surface area contributed by atoms with Gasteiger partial charge in [0.1, 0.15) is 6.10 Å². The molecule has 1 aliphatic carbocycles. The quantitative estimate of drug-likeness (QED) is 0.867. The summed E-state index contributed by atoms with van der Waals surface area (Å²) in [5.74, 6) is -0.454. The summed E-state index contributed by atoms with van der Waals surface area (Å²) in [5, 5.41) is 11.2. The zero-order valence-corrected chi connectivity index (χ0v) is 13.6. The lowest BCUT2D eigenvalue weighted by Gasteiger charge is -2.38. The second-order valence-electron chi connectivity index (χ2n) is 7.39. The summed E-state index contributed by atoms with van der Waals surface area (Å²) < 4.78 is 5.88. The van der Waals surface area contributed by atoms with E-state index in [-0.39, 0.29) is 12.0 Å². The molecule has 3 aliphatic rings. The first-order chi connectivity index (χ1) is 11.1. The third kappa shape index (κ3) is 2.48. The van der Waals surface area contributed by atoms with Crippen LogP contribution in [0.3, 0.4) is 0 Å². The molecule has 4 atom stereocenters. The minimum Gasteiger partial charge on any atom is -0.458 e. The van der Waals surface area contributed by atoms with Crippen LogP contribution in [0.2, 0.25) is 0 Å². The lowest BCUT2D eigenvalue weighted by Crippen LogP contribution is -2.49. The number of esters is 1. The number of piperidine rings is 1. The Balaban J connectivity index is 1.55. The number of ether oxygens (including phenoxy) is 1. The van der Waals surface area contributed by atoms with Crippen LogP contribution in [0, 0.1) is 5.92 Å².